The summed E-state index contributed by atoms with van der Waals surface area (Å²) in [4.78, 5) is 10.5. The Balaban J connectivity index is 3.81. The Labute approximate surface area is 93.4 Å². The van der Waals surface area contributed by atoms with Crippen LogP contribution in [0.5, 0.6) is 0 Å². The van der Waals surface area contributed by atoms with Gasteiger partial charge in [-0.2, -0.15) is 0 Å². The summed E-state index contributed by atoms with van der Waals surface area (Å²) in [6.45, 7) is 8.41. The number of hydrogen-bond donors (Lipinski definition) is 1. The molecule has 0 aromatic heterocycles. The fraction of sp³-hybridized carbons (Fsp3) is 0.769. The second-order valence-electron chi connectivity index (χ2n) is 4.63. The standard InChI is InChI=1S/C13H24O2/c1-5-6-10(2)7-8-11(3)12(4)9-13(14)15/h5-6,10-12H,7-9H2,1-4H3,(H,14,15)/b6-5+. The highest BCUT2D eigenvalue weighted by Gasteiger charge is 2.15. The zero-order valence-electron chi connectivity index (χ0n) is 10.4. The fourth-order valence-corrected chi connectivity index (χ4v) is 1.71. The van der Waals surface area contributed by atoms with Crippen molar-refractivity contribution in [1.82, 2.24) is 0 Å². The third kappa shape index (κ3) is 7.18. The predicted molar refractivity (Wildman–Crippen MR) is 63.8 cm³/mol. The zero-order chi connectivity index (χ0) is 11.8. The Bertz CT molecular complexity index is 209. The highest BCUT2D eigenvalue weighted by molar-refractivity contribution is 5.66. The molecule has 0 bridgehead atoms. The average Bonchev–Trinajstić information content (AvgIpc) is 2.13. The maximum atomic E-state index is 10.5. The molecule has 3 unspecified atom stereocenters. The molecule has 0 aliphatic carbocycles. The van der Waals surface area contributed by atoms with Gasteiger partial charge in [0, 0.05) is 6.42 Å². The number of aliphatic carboxylic acids is 1. The van der Waals surface area contributed by atoms with E-state index in [9.17, 15) is 4.79 Å². The van der Waals surface area contributed by atoms with Gasteiger partial charge in [-0.3, -0.25) is 4.79 Å². The van der Waals surface area contributed by atoms with Gasteiger partial charge < -0.3 is 5.11 Å². The second kappa shape index (κ2) is 7.49. The first-order chi connectivity index (χ1) is 6.97. The molecule has 0 heterocycles. The lowest BCUT2D eigenvalue weighted by Crippen LogP contribution is -2.13. The monoisotopic (exact) mass is 212 g/mol. The molecule has 1 N–H and O–H groups in total. The lowest BCUT2D eigenvalue weighted by Gasteiger charge is -2.19. The summed E-state index contributed by atoms with van der Waals surface area (Å²) in [6, 6.07) is 0. The van der Waals surface area contributed by atoms with Crippen LogP contribution in [0.3, 0.4) is 0 Å². The zero-order valence-corrected chi connectivity index (χ0v) is 10.4. The molecule has 0 saturated carbocycles. The van der Waals surface area contributed by atoms with Crippen LogP contribution in [0.15, 0.2) is 12.2 Å². The highest BCUT2D eigenvalue weighted by atomic mass is 16.4. The Morgan fingerprint density at radius 1 is 1.20 bits per heavy atom. The number of allylic oxidation sites excluding steroid dienone is 2. The van der Waals surface area contributed by atoms with Gasteiger partial charge in [0.05, 0.1) is 0 Å². The van der Waals surface area contributed by atoms with Gasteiger partial charge in [0.1, 0.15) is 0 Å². The van der Waals surface area contributed by atoms with Gasteiger partial charge in [-0.05, 0) is 37.5 Å². The molecule has 2 nitrogen and oxygen atoms in total. The molecule has 3 atom stereocenters. The van der Waals surface area contributed by atoms with Gasteiger partial charge >= 0.3 is 5.97 Å². The molecule has 0 radical (unpaired) electrons. The topological polar surface area (TPSA) is 37.3 Å². The van der Waals surface area contributed by atoms with Crippen molar-refractivity contribution in [3.8, 4) is 0 Å². The molecular weight excluding hydrogens is 188 g/mol. The van der Waals surface area contributed by atoms with Crippen LogP contribution in [0.4, 0.5) is 0 Å². The Morgan fingerprint density at radius 3 is 2.27 bits per heavy atom. The molecule has 0 rings (SSSR count). The molecule has 0 amide bonds. The van der Waals surface area contributed by atoms with E-state index in [0.29, 0.717) is 18.3 Å². The minimum Gasteiger partial charge on any atom is -0.481 e. The van der Waals surface area contributed by atoms with Crippen molar-refractivity contribution < 1.29 is 9.90 Å². The summed E-state index contributed by atoms with van der Waals surface area (Å²) in [7, 11) is 0. The van der Waals surface area contributed by atoms with Crippen LogP contribution in [0.2, 0.25) is 0 Å². The summed E-state index contributed by atoms with van der Waals surface area (Å²) in [6.07, 6.45) is 6.83. The average molecular weight is 212 g/mol. The summed E-state index contributed by atoms with van der Waals surface area (Å²) < 4.78 is 0. The normalized spacial score (nSPS) is 17.6. The van der Waals surface area contributed by atoms with Crippen molar-refractivity contribution in [2.75, 3.05) is 0 Å². The van der Waals surface area contributed by atoms with Gasteiger partial charge in [0.2, 0.25) is 0 Å². The fourth-order valence-electron chi connectivity index (χ4n) is 1.71. The molecule has 0 aromatic rings. The highest BCUT2D eigenvalue weighted by Crippen LogP contribution is 2.22. The number of carboxylic acids is 1. The van der Waals surface area contributed by atoms with Crippen LogP contribution in [0.25, 0.3) is 0 Å². The predicted octanol–water partition coefficient (Wildman–Crippen LogP) is 3.73. The number of carboxylic acid groups (broad SMARTS) is 1. The van der Waals surface area contributed by atoms with Gasteiger partial charge in [-0.1, -0.05) is 32.9 Å². The Morgan fingerprint density at radius 2 is 1.80 bits per heavy atom. The SMILES string of the molecule is C/C=C/C(C)CCC(C)C(C)CC(=O)O. The smallest absolute Gasteiger partial charge is 0.303 e. The summed E-state index contributed by atoms with van der Waals surface area (Å²) >= 11 is 0. The molecule has 0 fully saturated rings. The minimum atomic E-state index is -0.684. The van der Waals surface area contributed by atoms with Crippen LogP contribution in [-0.4, -0.2) is 11.1 Å². The molecule has 0 aliphatic rings. The van der Waals surface area contributed by atoms with Crippen LogP contribution in [0, 0.1) is 17.8 Å². The summed E-state index contributed by atoms with van der Waals surface area (Å²) in [5, 5.41) is 8.68. The summed E-state index contributed by atoms with van der Waals surface area (Å²) in [5.74, 6) is 0.694. The largest absolute Gasteiger partial charge is 0.481 e. The first-order valence-corrected chi connectivity index (χ1v) is 5.82. The molecule has 15 heavy (non-hydrogen) atoms. The van der Waals surface area contributed by atoms with Crippen LogP contribution < -0.4 is 0 Å². The third-order valence-corrected chi connectivity index (χ3v) is 3.07. The molecule has 0 aliphatic heterocycles. The van der Waals surface area contributed by atoms with E-state index in [0.717, 1.165) is 12.8 Å². The third-order valence-electron chi connectivity index (χ3n) is 3.07. The lowest BCUT2D eigenvalue weighted by molar-refractivity contribution is -0.138. The van der Waals surface area contributed by atoms with E-state index < -0.39 is 5.97 Å². The maximum Gasteiger partial charge on any atom is 0.303 e. The minimum absolute atomic E-state index is 0.278. The van der Waals surface area contributed by atoms with Crippen molar-refractivity contribution in [2.45, 2.75) is 47.0 Å². The quantitative estimate of drug-likeness (QED) is 0.653. The first kappa shape index (κ1) is 14.2. The second-order valence-corrected chi connectivity index (χ2v) is 4.63. The van der Waals surface area contributed by atoms with Gasteiger partial charge in [0.25, 0.3) is 0 Å². The maximum absolute atomic E-state index is 10.5. The Kier molecular flexibility index (Phi) is 7.10. The van der Waals surface area contributed by atoms with Gasteiger partial charge in [-0.25, -0.2) is 0 Å². The molecule has 0 saturated heterocycles. The van der Waals surface area contributed by atoms with E-state index in [1.807, 2.05) is 13.8 Å². The number of carbonyl (C=O) groups is 1. The van der Waals surface area contributed by atoms with Crippen molar-refractivity contribution in [3.05, 3.63) is 12.2 Å². The van der Waals surface area contributed by atoms with E-state index in [1.165, 1.54) is 0 Å². The van der Waals surface area contributed by atoms with Gasteiger partial charge in [0.15, 0.2) is 0 Å². The molecule has 2 heteroatoms. The van der Waals surface area contributed by atoms with Crippen LogP contribution in [-0.2, 0) is 4.79 Å². The van der Waals surface area contributed by atoms with E-state index in [4.69, 9.17) is 5.11 Å². The van der Waals surface area contributed by atoms with Crippen LogP contribution >= 0.6 is 0 Å². The van der Waals surface area contributed by atoms with E-state index in [-0.39, 0.29) is 5.92 Å². The van der Waals surface area contributed by atoms with E-state index >= 15 is 0 Å². The molecular formula is C13H24O2. The lowest BCUT2D eigenvalue weighted by atomic mass is 9.87. The number of rotatable bonds is 7. The van der Waals surface area contributed by atoms with Crippen molar-refractivity contribution >= 4 is 5.97 Å². The Hall–Kier alpha value is -0.790. The van der Waals surface area contributed by atoms with Gasteiger partial charge in [-0.15, -0.1) is 0 Å². The van der Waals surface area contributed by atoms with E-state index in [1.54, 1.807) is 0 Å². The first-order valence-electron chi connectivity index (χ1n) is 5.82. The number of hydrogen-bond acceptors (Lipinski definition) is 1. The van der Waals surface area contributed by atoms with E-state index in [2.05, 4.69) is 26.0 Å². The molecule has 88 valence electrons. The molecule has 0 spiro atoms. The van der Waals surface area contributed by atoms with Crippen LogP contribution in [0.1, 0.15) is 47.0 Å². The summed E-state index contributed by atoms with van der Waals surface area (Å²) in [5.41, 5.74) is 0. The molecule has 0 aromatic carbocycles. The van der Waals surface area contributed by atoms with Crippen molar-refractivity contribution in [3.63, 3.8) is 0 Å². The van der Waals surface area contributed by atoms with Crippen molar-refractivity contribution in [1.29, 1.82) is 0 Å². The van der Waals surface area contributed by atoms with Crippen molar-refractivity contribution in [2.24, 2.45) is 17.8 Å².